The summed E-state index contributed by atoms with van der Waals surface area (Å²) in [7, 11) is 0. The lowest BCUT2D eigenvalue weighted by atomic mass is 10.5. The Balaban J connectivity index is 0. The van der Waals surface area contributed by atoms with Gasteiger partial charge >= 0.3 is 0 Å². The van der Waals surface area contributed by atoms with Crippen LogP contribution in [0.1, 0.15) is 13.3 Å². The molecule has 0 amide bonds. The summed E-state index contributed by atoms with van der Waals surface area (Å²) in [6, 6.07) is 0. The number of hydrogen-bond donors (Lipinski definition) is 3. The van der Waals surface area contributed by atoms with E-state index in [-0.39, 0.29) is 13.2 Å². The maximum atomic E-state index is 9.00. The SMILES string of the molecule is CC(=O)O.OCCCO. The third kappa shape index (κ3) is 111. The highest BCUT2D eigenvalue weighted by Gasteiger charge is 1.70. The van der Waals surface area contributed by atoms with Crippen molar-refractivity contribution >= 4 is 5.97 Å². The molecule has 0 radical (unpaired) electrons. The summed E-state index contributed by atoms with van der Waals surface area (Å²) >= 11 is 0. The Kier molecular flexibility index (Phi) is 13.0. The first-order valence-electron chi connectivity index (χ1n) is 2.56. The molecule has 0 spiro atoms. The van der Waals surface area contributed by atoms with Gasteiger partial charge in [-0.3, -0.25) is 4.79 Å². The van der Waals surface area contributed by atoms with Crippen molar-refractivity contribution in [2.45, 2.75) is 13.3 Å². The number of carboxylic acids is 1. The van der Waals surface area contributed by atoms with Crippen LogP contribution in [-0.2, 0) is 4.79 Å². The summed E-state index contributed by atoms with van der Waals surface area (Å²) in [5.74, 6) is -0.833. The quantitative estimate of drug-likeness (QED) is 0.476. The van der Waals surface area contributed by atoms with Gasteiger partial charge in [-0.1, -0.05) is 0 Å². The van der Waals surface area contributed by atoms with E-state index in [2.05, 4.69) is 0 Å². The average molecular weight is 136 g/mol. The maximum Gasteiger partial charge on any atom is 0.300 e. The molecule has 0 aliphatic rings. The average Bonchev–Trinajstić information content (AvgIpc) is 1.66. The Bertz CT molecular complexity index is 56.0. The summed E-state index contributed by atoms with van der Waals surface area (Å²) in [6.07, 6.45) is 0.500. The normalized spacial score (nSPS) is 7.44. The molecule has 0 bridgehead atoms. The Morgan fingerprint density at radius 3 is 1.56 bits per heavy atom. The molecule has 56 valence electrons. The predicted octanol–water partition coefficient (Wildman–Crippen LogP) is -0.548. The molecule has 0 atom stereocenters. The van der Waals surface area contributed by atoms with Gasteiger partial charge in [0.05, 0.1) is 0 Å². The highest BCUT2D eigenvalue weighted by molar-refractivity contribution is 5.62. The molecule has 0 saturated heterocycles. The molecule has 4 nitrogen and oxygen atoms in total. The van der Waals surface area contributed by atoms with Crippen molar-refractivity contribution in [3.8, 4) is 0 Å². The van der Waals surface area contributed by atoms with Crippen LogP contribution in [0.4, 0.5) is 0 Å². The number of rotatable bonds is 2. The summed E-state index contributed by atoms with van der Waals surface area (Å²) in [5, 5.41) is 23.2. The molecule has 9 heavy (non-hydrogen) atoms. The third-order valence-electron chi connectivity index (χ3n) is 0.316. The van der Waals surface area contributed by atoms with Gasteiger partial charge in [-0.15, -0.1) is 0 Å². The van der Waals surface area contributed by atoms with Crippen molar-refractivity contribution in [2.75, 3.05) is 13.2 Å². The minimum atomic E-state index is -0.833. The van der Waals surface area contributed by atoms with Crippen LogP contribution >= 0.6 is 0 Å². The van der Waals surface area contributed by atoms with E-state index in [4.69, 9.17) is 20.1 Å². The van der Waals surface area contributed by atoms with Crippen LogP contribution in [0, 0.1) is 0 Å². The highest BCUT2D eigenvalue weighted by atomic mass is 16.4. The van der Waals surface area contributed by atoms with Gasteiger partial charge in [-0.05, 0) is 6.42 Å². The fourth-order valence-corrected chi connectivity index (χ4v) is 0.0707. The molecule has 0 fully saturated rings. The molecule has 0 aliphatic heterocycles. The van der Waals surface area contributed by atoms with Crippen molar-refractivity contribution in [1.82, 2.24) is 0 Å². The zero-order valence-electron chi connectivity index (χ0n) is 5.37. The summed E-state index contributed by atoms with van der Waals surface area (Å²) < 4.78 is 0. The van der Waals surface area contributed by atoms with Crippen LogP contribution in [0.25, 0.3) is 0 Å². The van der Waals surface area contributed by atoms with E-state index >= 15 is 0 Å². The Hall–Kier alpha value is -0.610. The highest BCUT2D eigenvalue weighted by Crippen LogP contribution is 1.65. The number of aliphatic hydroxyl groups is 2. The molecular formula is C5H12O4. The van der Waals surface area contributed by atoms with E-state index in [1.165, 1.54) is 0 Å². The number of aliphatic hydroxyl groups excluding tert-OH is 2. The molecule has 0 aromatic rings. The molecule has 0 unspecified atom stereocenters. The minimum absolute atomic E-state index is 0.0938. The van der Waals surface area contributed by atoms with Gasteiger partial charge in [0.15, 0.2) is 0 Å². The van der Waals surface area contributed by atoms with Gasteiger partial charge in [0.1, 0.15) is 0 Å². The van der Waals surface area contributed by atoms with Crippen LogP contribution in [0.5, 0.6) is 0 Å². The fraction of sp³-hybridized carbons (Fsp3) is 0.800. The molecule has 3 N–H and O–H groups in total. The zero-order chi connectivity index (χ0) is 7.70. The molecule has 0 aliphatic carbocycles. The molecule has 0 heterocycles. The van der Waals surface area contributed by atoms with Gasteiger partial charge in [0.25, 0.3) is 5.97 Å². The summed E-state index contributed by atoms with van der Waals surface area (Å²) in [6.45, 7) is 1.27. The Morgan fingerprint density at radius 1 is 1.33 bits per heavy atom. The lowest BCUT2D eigenvalue weighted by Gasteiger charge is -1.79. The van der Waals surface area contributed by atoms with Crippen LogP contribution in [0.15, 0.2) is 0 Å². The van der Waals surface area contributed by atoms with Crippen LogP contribution in [0.3, 0.4) is 0 Å². The van der Waals surface area contributed by atoms with Crippen molar-refractivity contribution in [2.24, 2.45) is 0 Å². The lowest BCUT2D eigenvalue weighted by molar-refractivity contribution is -0.134. The smallest absolute Gasteiger partial charge is 0.300 e. The second-order valence-electron chi connectivity index (χ2n) is 1.32. The van der Waals surface area contributed by atoms with Gasteiger partial charge in [0, 0.05) is 20.1 Å². The lowest BCUT2D eigenvalue weighted by Crippen LogP contribution is -1.85. The zero-order valence-corrected chi connectivity index (χ0v) is 5.37. The fourth-order valence-electron chi connectivity index (χ4n) is 0.0707. The Labute approximate surface area is 53.7 Å². The largest absolute Gasteiger partial charge is 0.481 e. The van der Waals surface area contributed by atoms with Gasteiger partial charge in [0.2, 0.25) is 0 Å². The Morgan fingerprint density at radius 2 is 1.56 bits per heavy atom. The van der Waals surface area contributed by atoms with Gasteiger partial charge in [-0.25, -0.2) is 0 Å². The van der Waals surface area contributed by atoms with Crippen molar-refractivity contribution in [1.29, 1.82) is 0 Å². The van der Waals surface area contributed by atoms with Crippen molar-refractivity contribution in [3.05, 3.63) is 0 Å². The summed E-state index contributed by atoms with van der Waals surface area (Å²) in [5.41, 5.74) is 0. The van der Waals surface area contributed by atoms with Gasteiger partial charge < -0.3 is 15.3 Å². The molecule has 0 saturated carbocycles. The van der Waals surface area contributed by atoms with Gasteiger partial charge in [-0.2, -0.15) is 0 Å². The second kappa shape index (κ2) is 10.4. The molecule has 0 aromatic heterocycles. The summed E-state index contributed by atoms with van der Waals surface area (Å²) in [4.78, 5) is 9.00. The van der Waals surface area contributed by atoms with E-state index < -0.39 is 5.97 Å². The molecular weight excluding hydrogens is 124 g/mol. The van der Waals surface area contributed by atoms with E-state index in [9.17, 15) is 0 Å². The topological polar surface area (TPSA) is 77.8 Å². The van der Waals surface area contributed by atoms with Crippen LogP contribution in [-0.4, -0.2) is 34.5 Å². The first-order chi connectivity index (χ1) is 4.15. The van der Waals surface area contributed by atoms with Crippen molar-refractivity contribution < 1.29 is 20.1 Å². The van der Waals surface area contributed by atoms with Crippen LogP contribution in [0.2, 0.25) is 0 Å². The molecule has 0 aromatic carbocycles. The second-order valence-corrected chi connectivity index (χ2v) is 1.32. The van der Waals surface area contributed by atoms with E-state index in [0.29, 0.717) is 6.42 Å². The number of hydrogen-bond acceptors (Lipinski definition) is 3. The molecule has 4 heteroatoms. The first kappa shape index (κ1) is 11.2. The number of carboxylic acid groups (broad SMARTS) is 1. The standard InChI is InChI=1S/C3H8O2.C2H4O2/c4-2-1-3-5;1-2(3)4/h4-5H,1-3H2;1H3,(H,3,4). The maximum absolute atomic E-state index is 9.00. The third-order valence-corrected chi connectivity index (χ3v) is 0.316. The molecule has 0 rings (SSSR count). The van der Waals surface area contributed by atoms with E-state index in [1.807, 2.05) is 0 Å². The van der Waals surface area contributed by atoms with E-state index in [0.717, 1.165) is 6.92 Å². The number of aliphatic carboxylic acids is 1. The predicted molar refractivity (Wildman–Crippen MR) is 32.1 cm³/mol. The number of carbonyl (C=O) groups is 1. The van der Waals surface area contributed by atoms with E-state index in [1.54, 1.807) is 0 Å². The minimum Gasteiger partial charge on any atom is -0.481 e. The van der Waals surface area contributed by atoms with Crippen molar-refractivity contribution in [3.63, 3.8) is 0 Å². The van der Waals surface area contributed by atoms with Crippen LogP contribution < -0.4 is 0 Å². The first-order valence-corrected chi connectivity index (χ1v) is 2.56. The monoisotopic (exact) mass is 136 g/mol.